The molecular weight excluding hydrogens is 160 g/mol. The Morgan fingerprint density at radius 3 is 2.77 bits per heavy atom. The van der Waals surface area contributed by atoms with Crippen molar-refractivity contribution < 1.29 is 0 Å². The number of rotatable bonds is 2. The fraction of sp³-hybridized carbons (Fsp3) is 1.00. The second-order valence-electron chi connectivity index (χ2n) is 4.84. The monoisotopic (exact) mass is 182 g/mol. The SMILES string of the molecule is CC(C)[C@H]1CCCN1[C@@H]1CCNC1. The summed E-state index contributed by atoms with van der Waals surface area (Å²) in [5.41, 5.74) is 0. The first-order chi connectivity index (χ1) is 6.29. The van der Waals surface area contributed by atoms with Crippen molar-refractivity contribution in [2.24, 2.45) is 5.92 Å². The molecule has 0 aromatic rings. The molecule has 2 heteroatoms. The normalized spacial score (nSPS) is 36.2. The molecule has 2 nitrogen and oxygen atoms in total. The summed E-state index contributed by atoms with van der Waals surface area (Å²) < 4.78 is 0. The predicted molar refractivity (Wildman–Crippen MR) is 55.8 cm³/mol. The highest BCUT2D eigenvalue weighted by atomic mass is 15.2. The maximum absolute atomic E-state index is 3.47. The van der Waals surface area contributed by atoms with Gasteiger partial charge in [0.05, 0.1) is 0 Å². The van der Waals surface area contributed by atoms with Gasteiger partial charge in [0.25, 0.3) is 0 Å². The summed E-state index contributed by atoms with van der Waals surface area (Å²) in [6.07, 6.45) is 4.21. The predicted octanol–water partition coefficient (Wildman–Crippen LogP) is 1.47. The molecule has 0 bridgehead atoms. The smallest absolute Gasteiger partial charge is 0.0235 e. The Balaban J connectivity index is 1.96. The molecule has 0 radical (unpaired) electrons. The van der Waals surface area contributed by atoms with E-state index in [1.807, 2.05) is 0 Å². The highest BCUT2D eigenvalue weighted by molar-refractivity contribution is 4.90. The average molecular weight is 182 g/mol. The van der Waals surface area contributed by atoms with Crippen molar-refractivity contribution in [2.75, 3.05) is 19.6 Å². The zero-order chi connectivity index (χ0) is 9.26. The van der Waals surface area contributed by atoms with Crippen molar-refractivity contribution in [3.05, 3.63) is 0 Å². The molecule has 0 aromatic carbocycles. The second kappa shape index (κ2) is 3.97. The molecule has 0 aromatic heterocycles. The minimum atomic E-state index is 0.836. The number of nitrogens with one attached hydrogen (secondary N) is 1. The lowest BCUT2D eigenvalue weighted by Crippen LogP contribution is -2.42. The van der Waals surface area contributed by atoms with Gasteiger partial charge in [-0.25, -0.2) is 0 Å². The highest BCUT2D eigenvalue weighted by Gasteiger charge is 2.33. The summed E-state index contributed by atoms with van der Waals surface area (Å²) >= 11 is 0. The van der Waals surface area contributed by atoms with E-state index in [-0.39, 0.29) is 0 Å². The summed E-state index contributed by atoms with van der Waals surface area (Å²) in [5.74, 6) is 0.836. The van der Waals surface area contributed by atoms with Gasteiger partial charge in [-0.3, -0.25) is 4.90 Å². The van der Waals surface area contributed by atoms with Crippen LogP contribution >= 0.6 is 0 Å². The van der Waals surface area contributed by atoms with Crippen LogP contribution in [0.3, 0.4) is 0 Å². The van der Waals surface area contributed by atoms with Gasteiger partial charge in [0.15, 0.2) is 0 Å². The van der Waals surface area contributed by atoms with Gasteiger partial charge in [-0.15, -0.1) is 0 Å². The lowest BCUT2D eigenvalue weighted by molar-refractivity contribution is 0.155. The van der Waals surface area contributed by atoms with E-state index in [4.69, 9.17) is 0 Å². The third kappa shape index (κ3) is 1.89. The molecular formula is C11H22N2. The molecule has 0 aliphatic carbocycles. The van der Waals surface area contributed by atoms with Crippen molar-refractivity contribution in [2.45, 2.75) is 45.2 Å². The van der Waals surface area contributed by atoms with Crippen LogP contribution in [0.15, 0.2) is 0 Å². The van der Waals surface area contributed by atoms with Crippen LogP contribution in [0.2, 0.25) is 0 Å². The Morgan fingerprint density at radius 2 is 2.15 bits per heavy atom. The number of hydrogen-bond donors (Lipinski definition) is 1. The van der Waals surface area contributed by atoms with Crippen LogP contribution in [-0.2, 0) is 0 Å². The standard InChI is InChI=1S/C11H22N2/c1-9(2)11-4-3-7-13(11)10-5-6-12-8-10/h9-12H,3-8H2,1-2H3/t10-,11-/m1/s1. The topological polar surface area (TPSA) is 15.3 Å². The summed E-state index contributed by atoms with van der Waals surface area (Å²) in [6.45, 7) is 8.53. The van der Waals surface area contributed by atoms with Gasteiger partial charge in [-0.1, -0.05) is 13.8 Å². The highest BCUT2D eigenvalue weighted by Crippen LogP contribution is 2.27. The Bertz CT molecular complexity index is 161. The quantitative estimate of drug-likeness (QED) is 0.695. The lowest BCUT2D eigenvalue weighted by Gasteiger charge is -2.32. The largest absolute Gasteiger partial charge is 0.315 e. The molecule has 2 rings (SSSR count). The minimum absolute atomic E-state index is 0.836. The number of nitrogens with zero attached hydrogens (tertiary/aromatic N) is 1. The summed E-state index contributed by atoms with van der Waals surface area (Å²) in [6, 6.07) is 1.71. The first-order valence-electron chi connectivity index (χ1n) is 5.75. The molecule has 0 saturated carbocycles. The Morgan fingerprint density at radius 1 is 1.31 bits per heavy atom. The Kier molecular flexibility index (Phi) is 2.89. The summed E-state index contributed by atoms with van der Waals surface area (Å²) in [7, 11) is 0. The van der Waals surface area contributed by atoms with Crippen LogP contribution in [0.1, 0.15) is 33.1 Å². The summed E-state index contributed by atoms with van der Waals surface area (Å²) in [5, 5.41) is 3.47. The van der Waals surface area contributed by atoms with E-state index in [2.05, 4.69) is 24.1 Å². The lowest BCUT2D eigenvalue weighted by atomic mass is 10.0. The van der Waals surface area contributed by atoms with Crippen LogP contribution in [0.5, 0.6) is 0 Å². The van der Waals surface area contributed by atoms with E-state index in [1.165, 1.54) is 38.9 Å². The van der Waals surface area contributed by atoms with E-state index >= 15 is 0 Å². The van der Waals surface area contributed by atoms with Crippen molar-refractivity contribution >= 4 is 0 Å². The van der Waals surface area contributed by atoms with Crippen molar-refractivity contribution in [1.82, 2.24) is 10.2 Å². The van der Waals surface area contributed by atoms with Gasteiger partial charge < -0.3 is 5.32 Å². The molecule has 2 aliphatic heterocycles. The van der Waals surface area contributed by atoms with Gasteiger partial charge in [0.2, 0.25) is 0 Å². The average Bonchev–Trinajstić information content (AvgIpc) is 2.74. The van der Waals surface area contributed by atoms with Crippen LogP contribution < -0.4 is 5.32 Å². The maximum Gasteiger partial charge on any atom is 0.0235 e. The molecule has 2 fully saturated rings. The molecule has 0 unspecified atom stereocenters. The van der Waals surface area contributed by atoms with Crippen LogP contribution in [0, 0.1) is 5.92 Å². The van der Waals surface area contributed by atoms with Gasteiger partial charge in [0.1, 0.15) is 0 Å². The van der Waals surface area contributed by atoms with Crippen molar-refractivity contribution in [3.63, 3.8) is 0 Å². The van der Waals surface area contributed by atoms with Gasteiger partial charge >= 0.3 is 0 Å². The van der Waals surface area contributed by atoms with E-state index in [0.717, 1.165) is 18.0 Å². The second-order valence-corrected chi connectivity index (χ2v) is 4.84. The first kappa shape index (κ1) is 9.47. The molecule has 76 valence electrons. The fourth-order valence-electron chi connectivity index (χ4n) is 2.91. The van der Waals surface area contributed by atoms with E-state index in [9.17, 15) is 0 Å². The van der Waals surface area contributed by atoms with E-state index in [1.54, 1.807) is 0 Å². The zero-order valence-corrected chi connectivity index (χ0v) is 8.92. The van der Waals surface area contributed by atoms with Gasteiger partial charge in [-0.2, -0.15) is 0 Å². The van der Waals surface area contributed by atoms with E-state index in [0.29, 0.717) is 0 Å². The molecule has 2 aliphatic rings. The minimum Gasteiger partial charge on any atom is -0.315 e. The van der Waals surface area contributed by atoms with Crippen molar-refractivity contribution in [1.29, 1.82) is 0 Å². The van der Waals surface area contributed by atoms with Crippen LogP contribution in [0.25, 0.3) is 0 Å². The van der Waals surface area contributed by atoms with Gasteiger partial charge in [-0.05, 0) is 38.3 Å². The summed E-state index contributed by atoms with van der Waals surface area (Å²) in [4.78, 5) is 2.75. The van der Waals surface area contributed by atoms with Gasteiger partial charge in [0, 0.05) is 18.6 Å². The van der Waals surface area contributed by atoms with Crippen molar-refractivity contribution in [3.8, 4) is 0 Å². The third-order valence-electron chi connectivity index (χ3n) is 3.62. The molecule has 0 spiro atoms. The number of hydrogen-bond acceptors (Lipinski definition) is 2. The zero-order valence-electron chi connectivity index (χ0n) is 8.92. The Labute approximate surface area is 81.7 Å². The van der Waals surface area contributed by atoms with E-state index < -0.39 is 0 Å². The van der Waals surface area contributed by atoms with Crippen LogP contribution in [0.4, 0.5) is 0 Å². The molecule has 13 heavy (non-hydrogen) atoms. The maximum atomic E-state index is 3.47. The first-order valence-corrected chi connectivity index (χ1v) is 5.75. The van der Waals surface area contributed by atoms with Crippen LogP contribution in [-0.4, -0.2) is 36.6 Å². The number of likely N-dealkylation sites (tertiary alicyclic amines) is 1. The Hall–Kier alpha value is -0.0800. The fourth-order valence-corrected chi connectivity index (χ4v) is 2.91. The molecule has 2 atom stereocenters. The molecule has 2 heterocycles. The molecule has 2 saturated heterocycles. The third-order valence-corrected chi connectivity index (χ3v) is 3.62. The molecule has 0 amide bonds. The molecule has 1 N–H and O–H groups in total.